The largest absolute Gasteiger partial charge is 0.497 e. The van der Waals surface area contributed by atoms with Gasteiger partial charge in [0, 0.05) is 18.2 Å². The summed E-state index contributed by atoms with van der Waals surface area (Å²) in [6.07, 6.45) is 1.78. The first-order valence-electron chi connectivity index (χ1n) is 10.6. The molecule has 8 heteroatoms. The van der Waals surface area contributed by atoms with Gasteiger partial charge in [-0.15, -0.1) is 0 Å². The number of benzene rings is 2. The number of carbonyl (C=O) groups is 3. The number of carbonyl (C=O) groups excluding carboxylic acids is 3. The summed E-state index contributed by atoms with van der Waals surface area (Å²) in [6.45, 7) is 1.66. The number of imide groups is 1. The maximum absolute atomic E-state index is 13.3. The van der Waals surface area contributed by atoms with Gasteiger partial charge in [-0.25, -0.2) is 4.79 Å². The SMILES string of the molecule is COc1ccc(OC)c(CN(C(=O)CN2C(=O)NC(C)(c3ccccc3)C2=O)C2CC2)c1. The maximum atomic E-state index is 13.3. The second kappa shape index (κ2) is 8.53. The van der Waals surface area contributed by atoms with Crippen LogP contribution in [0.3, 0.4) is 0 Å². The molecule has 1 aliphatic heterocycles. The molecule has 1 saturated carbocycles. The van der Waals surface area contributed by atoms with E-state index in [1.54, 1.807) is 50.3 Å². The van der Waals surface area contributed by atoms with Crippen LogP contribution in [-0.2, 0) is 21.7 Å². The fourth-order valence-corrected chi connectivity index (χ4v) is 4.03. The van der Waals surface area contributed by atoms with Crippen LogP contribution >= 0.6 is 0 Å². The van der Waals surface area contributed by atoms with E-state index in [0.29, 0.717) is 23.6 Å². The van der Waals surface area contributed by atoms with Crippen LogP contribution in [0.2, 0.25) is 0 Å². The van der Waals surface area contributed by atoms with E-state index in [0.717, 1.165) is 23.3 Å². The summed E-state index contributed by atoms with van der Waals surface area (Å²) < 4.78 is 10.8. The number of hydrogen-bond donors (Lipinski definition) is 1. The molecular weight excluding hydrogens is 410 g/mol. The van der Waals surface area contributed by atoms with Crippen LogP contribution in [0.15, 0.2) is 48.5 Å². The molecule has 1 unspecified atom stereocenters. The Morgan fingerprint density at radius 2 is 1.84 bits per heavy atom. The predicted molar refractivity (Wildman–Crippen MR) is 117 cm³/mol. The monoisotopic (exact) mass is 437 g/mol. The highest BCUT2D eigenvalue weighted by atomic mass is 16.5. The van der Waals surface area contributed by atoms with E-state index in [9.17, 15) is 14.4 Å². The van der Waals surface area contributed by atoms with Gasteiger partial charge in [-0.1, -0.05) is 30.3 Å². The number of ether oxygens (including phenoxy) is 2. The van der Waals surface area contributed by atoms with Crippen LogP contribution < -0.4 is 14.8 Å². The second-order valence-electron chi connectivity index (χ2n) is 8.24. The topological polar surface area (TPSA) is 88.2 Å². The van der Waals surface area contributed by atoms with Crippen LogP contribution in [0.4, 0.5) is 4.79 Å². The number of urea groups is 1. The van der Waals surface area contributed by atoms with Crippen molar-refractivity contribution >= 4 is 17.8 Å². The Kier molecular flexibility index (Phi) is 5.78. The van der Waals surface area contributed by atoms with Crippen LogP contribution in [0.25, 0.3) is 0 Å². The minimum Gasteiger partial charge on any atom is -0.497 e. The molecule has 0 aromatic heterocycles. The van der Waals surface area contributed by atoms with Gasteiger partial charge in [0.25, 0.3) is 5.91 Å². The molecule has 0 radical (unpaired) electrons. The molecule has 4 amide bonds. The quantitative estimate of drug-likeness (QED) is 0.642. The van der Waals surface area contributed by atoms with Gasteiger partial charge in [0.1, 0.15) is 23.6 Å². The van der Waals surface area contributed by atoms with Gasteiger partial charge in [-0.05, 0) is 43.5 Å². The number of rotatable bonds is 8. The average Bonchev–Trinajstić information content (AvgIpc) is 3.62. The molecule has 1 saturated heterocycles. The summed E-state index contributed by atoms with van der Waals surface area (Å²) in [7, 11) is 3.16. The molecule has 1 N–H and O–H groups in total. The van der Waals surface area contributed by atoms with Gasteiger partial charge in [-0.2, -0.15) is 0 Å². The van der Waals surface area contributed by atoms with Crippen molar-refractivity contribution in [3.8, 4) is 11.5 Å². The molecule has 8 nitrogen and oxygen atoms in total. The highest BCUT2D eigenvalue weighted by molar-refractivity contribution is 6.09. The molecule has 4 rings (SSSR count). The molecule has 1 atom stereocenters. The first-order chi connectivity index (χ1) is 15.4. The normalized spacial score (nSPS) is 20.2. The summed E-state index contributed by atoms with van der Waals surface area (Å²) in [5.74, 6) is 0.600. The number of nitrogens with one attached hydrogen (secondary N) is 1. The van der Waals surface area contributed by atoms with E-state index < -0.39 is 17.5 Å². The smallest absolute Gasteiger partial charge is 0.325 e. The van der Waals surface area contributed by atoms with E-state index >= 15 is 0 Å². The standard InChI is InChI=1S/C24H27N3O5/c1-24(17-7-5-4-6-8-17)22(29)27(23(30)25-24)15-21(28)26(18-9-10-18)14-16-13-19(31-2)11-12-20(16)32-3/h4-8,11-13,18H,9-10,14-15H2,1-3H3,(H,25,30). The number of nitrogens with zero attached hydrogens (tertiary/aromatic N) is 2. The first-order valence-corrected chi connectivity index (χ1v) is 10.6. The highest BCUT2D eigenvalue weighted by Crippen LogP contribution is 2.33. The molecule has 0 spiro atoms. The lowest BCUT2D eigenvalue weighted by Gasteiger charge is -2.26. The molecule has 2 fully saturated rings. The Labute approximate surface area is 187 Å². The van der Waals surface area contributed by atoms with Gasteiger partial charge in [0.05, 0.1) is 14.2 Å². The second-order valence-corrected chi connectivity index (χ2v) is 8.24. The van der Waals surface area contributed by atoms with Crippen LogP contribution in [0.1, 0.15) is 30.9 Å². The van der Waals surface area contributed by atoms with Crippen molar-refractivity contribution in [3.05, 3.63) is 59.7 Å². The zero-order valence-electron chi connectivity index (χ0n) is 18.5. The Morgan fingerprint density at radius 1 is 1.12 bits per heavy atom. The Balaban J connectivity index is 1.53. The zero-order valence-corrected chi connectivity index (χ0v) is 18.5. The van der Waals surface area contributed by atoms with Crippen molar-refractivity contribution < 1.29 is 23.9 Å². The number of amides is 4. The molecule has 2 aromatic carbocycles. The third-order valence-corrected chi connectivity index (χ3v) is 6.06. The van der Waals surface area contributed by atoms with Crippen molar-refractivity contribution in [2.45, 2.75) is 37.9 Å². The molecule has 2 aromatic rings. The fraction of sp³-hybridized carbons (Fsp3) is 0.375. The Morgan fingerprint density at radius 3 is 2.47 bits per heavy atom. The van der Waals surface area contributed by atoms with Crippen LogP contribution in [0.5, 0.6) is 11.5 Å². The minimum absolute atomic E-state index is 0.0830. The molecular formula is C24H27N3O5. The number of hydrogen-bond acceptors (Lipinski definition) is 5. The zero-order chi connectivity index (χ0) is 22.9. The van der Waals surface area contributed by atoms with Gasteiger partial charge >= 0.3 is 6.03 Å². The van der Waals surface area contributed by atoms with Gasteiger partial charge in [0.2, 0.25) is 5.91 Å². The maximum Gasteiger partial charge on any atom is 0.325 e. The van der Waals surface area contributed by atoms with Crippen molar-refractivity contribution in [1.82, 2.24) is 15.1 Å². The van der Waals surface area contributed by atoms with E-state index in [1.165, 1.54) is 0 Å². The third kappa shape index (κ3) is 4.00. The van der Waals surface area contributed by atoms with Crippen LogP contribution in [-0.4, -0.2) is 54.5 Å². The van der Waals surface area contributed by atoms with E-state index in [2.05, 4.69) is 5.32 Å². The molecule has 32 heavy (non-hydrogen) atoms. The predicted octanol–water partition coefficient (Wildman–Crippen LogP) is 2.66. The summed E-state index contributed by atoms with van der Waals surface area (Å²) in [6, 6.07) is 14.0. The van der Waals surface area contributed by atoms with Gasteiger partial charge < -0.3 is 19.7 Å². The first kappa shape index (κ1) is 21.7. The lowest BCUT2D eigenvalue weighted by molar-refractivity contribution is -0.139. The Hall–Kier alpha value is -3.55. The Bertz CT molecular complexity index is 1040. The highest BCUT2D eigenvalue weighted by Gasteiger charge is 2.50. The van der Waals surface area contributed by atoms with Crippen molar-refractivity contribution in [1.29, 1.82) is 0 Å². The molecule has 168 valence electrons. The third-order valence-electron chi connectivity index (χ3n) is 6.06. The summed E-state index contributed by atoms with van der Waals surface area (Å²) in [5, 5.41) is 2.75. The lowest BCUT2D eigenvalue weighted by Crippen LogP contribution is -2.45. The van der Waals surface area contributed by atoms with Gasteiger partial charge in [0.15, 0.2) is 0 Å². The van der Waals surface area contributed by atoms with Crippen molar-refractivity contribution in [2.24, 2.45) is 0 Å². The average molecular weight is 437 g/mol. The molecule has 0 bridgehead atoms. The molecule has 2 aliphatic rings. The summed E-state index contributed by atoms with van der Waals surface area (Å²) in [4.78, 5) is 41.8. The van der Waals surface area contributed by atoms with Crippen molar-refractivity contribution in [2.75, 3.05) is 20.8 Å². The number of methoxy groups -OCH3 is 2. The summed E-state index contributed by atoms with van der Waals surface area (Å²) >= 11 is 0. The lowest BCUT2D eigenvalue weighted by atomic mass is 9.92. The van der Waals surface area contributed by atoms with Gasteiger partial charge in [-0.3, -0.25) is 14.5 Å². The summed E-state index contributed by atoms with van der Waals surface area (Å²) in [5.41, 5.74) is 0.283. The minimum atomic E-state index is -1.20. The fourth-order valence-electron chi connectivity index (χ4n) is 4.03. The van der Waals surface area contributed by atoms with Crippen LogP contribution in [0, 0.1) is 0 Å². The molecule has 1 heterocycles. The van der Waals surface area contributed by atoms with E-state index in [-0.39, 0.29) is 18.5 Å². The van der Waals surface area contributed by atoms with E-state index in [1.807, 2.05) is 24.3 Å². The van der Waals surface area contributed by atoms with Crippen molar-refractivity contribution in [3.63, 3.8) is 0 Å². The van der Waals surface area contributed by atoms with E-state index in [4.69, 9.17) is 9.47 Å². The molecule has 1 aliphatic carbocycles.